The fourth-order valence-corrected chi connectivity index (χ4v) is 2.27. The number of nitrogens with two attached hydrogens (primary N) is 1. The predicted molar refractivity (Wildman–Crippen MR) is 72.4 cm³/mol. The van der Waals surface area contributed by atoms with Gasteiger partial charge >= 0.3 is 0 Å². The lowest BCUT2D eigenvalue weighted by Crippen LogP contribution is -2.33. The van der Waals surface area contributed by atoms with Gasteiger partial charge in [-0.15, -0.1) is 0 Å². The Bertz CT molecular complexity index is 477. The second kappa shape index (κ2) is 6.56. The highest BCUT2D eigenvalue weighted by atomic mass is 16.5. The molecule has 110 valence electrons. The molecule has 1 aliphatic heterocycles. The second-order valence-corrected chi connectivity index (χ2v) is 5.12. The SMILES string of the molecule is C[C@H](CC[C@H]1CCCO1)NC(=O)c1ccc(C(N)=O)o1. The van der Waals surface area contributed by atoms with Gasteiger partial charge in [0.05, 0.1) is 6.10 Å². The molecule has 1 aromatic heterocycles. The summed E-state index contributed by atoms with van der Waals surface area (Å²) in [4.78, 5) is 22.8. The first-order chi connectivity index (χ1) is 9.56. The zero-order valence-corrected chi connectivity index (χ0v) is 11.6. The van der Waals surface area contributed by atoms with E-state index in [0.717, 1.165) is 32.3 Å². The van der Waals surface area contributed by atoms with E-state index >= 15 is 0 Å². The molecule has 1 fully saturated rings. The Balaban J connectivity index is 1.78. The van der Waals surface area contributed by atoms with E-state index in [1.54, 1.807) is 0 Å². The molecule has 3 N–H and O–H groups in total. The Labute approximate surface area is 117 Å². The number of hydrogen-bond acceptors (Lipinski definition) is 4. The minimum atomic E-state index is -0.685. The Hall–Kier alpha value is -1.82. The molecular formula is C14H20N2O4. The summed E-state index contributed by atoms with van der Waals surface area (Å²) in [7, 11) is 0. The second-order valence-electron chi connectivity index (χ2n) is 5.12. The maximum atomic E-state index is 11.9. The summed E-state index contributed by atoms with van der Waals surface area (Å²) in [5.41, 5.74) is 5.07. The number of carbonyl (C=O) groups is 2. The van der Waals surface area contributed by atoms with Crippen LogP contribution in [0.15, 0.2) is 16.5 Å². The van der Waals surface area contributed by atoms with Gasteiger partial charge in [-0.05, 0) is 44.7 Å². The normalized spacial score (nSPS) is 19.8. The number of amides is 2. The smallest absolute Gasteiger partial charge is 0.287 e. The summed E-state index contributed by atoms with van der Waals surface area (Å²) < 4.78 is 10.6. The summed E-state index contributed by atoms with van der Waals surface area (Å²) in [5, 5.41) is 2.83. The van der Waals surface area contributed by atoms with Crippen LogP contribution in [0.4, 0.5) is 0 Å². The molecule has 20 heavy (non-hydrogen) atoms. The van der Waals surface area contributed by atoms with Crippen molar-refractivity contribution in [3.63, 3.8) is 0 Å². The third-order valence-electron chi connectivity index (χ3n) is 3.40. The van der Waals surface area contributed by atoms with Gasteiger partial charge in [0.15, 0.2) is 11.5 Å². The first-order valence-corrected chi connectivity index (χ1v) is 6.88. The van der Waals surface area contributed by atoms with Gasteiger partial charge in [0, 0.05) is 12.6 Å². The molecule has 0 spiro atoms. The van der Waals surface area contributed by atoms with Gasteiger partial charge in [-0.25, -0.2) is 0 Å². The van der Waals surface area contributed by atoms with Crippen LogP contribution in [-0.4, -0.2) is 30.6 Å². The van der Waals surface area contributed by atoms with Gasteiger partial charge in [0.2, 0.25) is 0 Å². The molecule has 0 unspecified atom stereocenters. The van der Waals surface area contributed by atoms with Crippen molar-refractivity contribution in [2.24, 2.45) is 5.73 Å². The minimum Gasteiger partial charge on any atom is -0.446 e. The number of furan rings is 1. The van der Waals surface area contributed by atoms with Crippen molar-refractivity contribution in [3.8, 4) is 0 Å². The summed E-state index contributed by atoms with van der Waals surface area (Å²) >= 11 is 0. The van der Waals surface area contributed by atoms with Gasteiger partial charge in [0.25, 0.3) is 11.8 Å². The van der Waals surface area contributed by atoms with E-state index in [-0.39, 0.29) is 23.5 Å². The molecule has 0 saturated carbocycles. The highest BCUT2D eigenvalue weighted by Gasteiger charge is 2.19. The molecule has 1 aromatic rings. The lowest BCUT2D eigenvalue weighted by atomic mass is 10.1. The lowest BCUT2D eigenvalue weighted by molar-refractivity contribution is 0.0872. The molecule has 0 aromatic carbocycles. The summed E-state index contributed by atoms with van der Waals surface area (Å²) in [6, 6.07) is 2.87. The molecule has 1 saturated heterocycles. The van der Waals surface area contributed by atoms with Crippen LogP contribution in [0.1, 0.15) is 53.7 Å². The maximum absolute atomic E-state index is 11.9. The van der Waals surface area contributed by atoms with Crippen LogP contribution < -0.4 is 11.1 Å². The van der Waals surface area contributed by atoms with Gasteiger partial charge in [0.1, 0.15) is 0 Å². The topological polar surface area (TPSA) is 94.6 Å². The highest BCUT2D eigenvalue weighted by Crippen LogP contribution is 2.17. The summed E-state index contributed by atoms with van der Waals surface area (Å²) in [5.74, 6) is -0.933. The fraction of sp³-hybridized carbons (Fsp3) is 0.571. The third-order valence-corrected chi connectivity index (χ3v) is 3.40. The maximum Gasteiger partial charge on any atom is 0.287 e. The number of carbonyl (C=O) groups excluding carboxylic acids is 2. The highest BCUT2D eigenvalue weighted by molar-refractivity contribution is 5.95. The van der Waals surface area contributed by atoms with Crippen molar-refractivity contribution in [2.45, 2.75) is 44.8 Å². The van der Waals surface area contributed by atoms with E-state index in [4.69, 9.17) is 14.9 Å². The van der Waals surface area contributed by atoms with Crippen LogP contribution in [-0.2, 0) is 4.74 Å². The van der Waals surface area contributed by atoms with Crippen LogP contribution in [0.3, 0.4) is 0 Å². The van der Waals surface area contributed by atoms with Gasteiger partial charge in [-0.3, -0.25) is 9.59 Å². The molecule has 1 aliphatic rings. The van der Waals surface area contributed by atoms with Crippen LogP contribution in [0.25, 0.3) is 0 Å². The Morgan fingerprint density at radius 3 is 2.80 bits per heavy atom. The zero-order chi connectivity index (χ0) is 14.5. The molecule has 2 amide bonds. The van der Waals surface area contributed by atoms with Gasteiger partial charge in [-0.1, -0.05) is 0 Å². The van der Waals surface area contributed by atoms with Crippen molar-refractivity contribution >= 4 is 11.8 Å². The number of nitrogens with one attached hydrogen (secondary N) is 1. The minimum absolute atomic E-state index is 0.0119. The Morgan fingerprint density at radius 1 is 1.45 bits per heavy atom. The van der Waals surface area contributed by atoms with E-state index in [2.05, 4.69) is 5.32 Å². The van der Waals surface area contributed by atoms with Crippen molar-refractivity contribution in [2.75, 3.05) is 6.61 Å². The lowest BCUT2D eigenvalue weighted by Gasteiger charge is -2.15. The van der Waals surface area contributed by atoms with Crippen molar-refractivity contribution < 1.29 is 18.7 Å². The van der Waals surface area contributed by atoms with Crippen LogP contribution in [0.2, 0.25) is 0 Å². The van der Waals surface area contributed by atoms with Crippen LogP contribution in [0, 0.1) is 0 Å². The molecular weight excluding hydrogens is 260 g/mol. The Kier molecular flexibility index (Phi) is 4.79. The quantitative estimate of drug-likeness (QED) is 0.824. The number of primary amides is 1. The first kappa shape index (κ1) is 14.6. The molecule has 2 atom stereocenters. The van der Waals surface area contributed by atoms with Gasteiger partial charge in [-0.2, -0.15) is 0 Å². The van der Waals surface area contributed by atoms with E-state index in [1.165, 1.54) is 12.1 Å². The van der Waals surface area contributed by atoms with E-state index < -0.39 is 5.91 Å². The van der Waals surface area contributed by atoms with Crippen molar-refractivity contribution in [1.82, 2.24) is 5.32 Å². The van der Waals surface area contributed by atoms with Crippen molar-refractivity contribution in [1.29, 1.82) is 0 Å². The molecule has 0 radical (unpaired) electrons. The molecule has 2 heterocycles. The monoisotopic (exact) mass is 280 g/mol. The van der Waals surface area contributed by atoms with Crippen molar-refractivity contribution in [3.05, 3.63) is 23.7 Å². The predicted octanol–water partition coefficient (Wildman–Crippen LogP) is 1.46. The van der Waals surface area contributed by atoms with Crippen LogP contribution >= 0.6 is 0 Å². The van der Waals surface area contributed by atoms with Crippen LogP contribution in [0.5, 0.6) is 0 Å². The standard InChI is InChI=1S/C14H20N2O4/c1-9(4-5-10-3-2-8-19-10)16-14(18)12-7-6-11(20-12)13(15)17/h6-7,9-10H,2-5,8H2,1H3,(H2,15,17)(H,16,18)/t9-,10-/m1/s1. The molecule has 6 heteroatoms. The Morgan fingerprint density at radius 2 is 2.20 bits per heavy atom. The third kappa shape index (κ3) is 3.84. The molecule has 0 bridgehead atoms. The molecule has 0 aliphatic carbocycles. The number of ether oxygens (including phenoxy) is 1. The molecule has 2 rings (SSSR count). The molecule has 6 nitrogen and oxygen atoms in total. The number of rotatable bonds is 6. The zero-order valence-electron chi connectivity index (χ0n) is 11.6. The average molecular weight is 280 g/mol. The van der Waals surface area contributed by atoms with Gasteiger partial charge < -0.3 is 20.2 Å². The van der Waals surface area contributed by atoms with E-state index in [0.29, 0.717) is 6.10 Å². The summed E-state index contributed by atoms with van der Waals surface area (Å²) in [6.45, 7) is 2.78. The fourth-order valence-electron chi connectivity index (χ4n) is 2.27. The van der Waals surface area contributed by atoms with E-state index in [9.17, 15) is 9.59 Å². The van der Waals surface area contributed by atoms with E-state index in [1.807, 2.05) is 6.92 Å². The number of hydrogen-bond donors (Lipinski definition) is 2. The average Bonchev–Trinajstić information content (AvgIpc) is 3.07. The summed E-state index contributed by atoms with van der Waals surface area (Å²) in [6.07, 6.45) is 4.32. The largest absolute Gasteiger partial charge is 0.446 e. The first-order valence-electron chi connectivity index (χ1n) is 6.88.